The molecule has 0 bridgehead atoms. The van der Waals surface area contributed by atoms with Crippen LogP contribution in [0.2, 0.25) is 0 Å². The molecule has 26 heavy (non-hydrogen) atoms. The van der Waals surface area contributed by atoms with Crippen molar-refractivity contribution < 1.29 is 13.2 Å². The number of nitrogens with zero attached hydrogens (tertiary/aromatic N) is 1. The standard InChI is InChI=1S/C20H25NO3S2/c1-14-13-21-20(25-14)12-19(22)18(11-15-5-3-4-6-15)16-7-9-17(10-8-16)26(2,23)24/h7-10,13,15,18H,3-6,11-12H2,1-2H3/t18-/m1/s1. The van der Waals surface area contributed by atoms with Gasteiger partial charge in [-0.25, -0.2) is 13.4 Å². The van der Waals surface area contributed by atoms with E-state index < -0.39 is 9.84 Å². The van der Waals surface area contributed by atoms with Crippen molar-refractivity contribution in [3.8, 4) is 0 Å². The molecule has 1 fully saturated rings. The van der Waals surface area contributed by atoms with Crippen LogP contribution in [0.15, 0.2) is 35.4 Å². The highest BCUT2D eigenvalue weighted by Gasteiger charge is 2.27. The second-order valence-electron chi connectivity index (χ2n) is 7.29. The summed E-state index contributed by atoms with van der Waals surface area (Å²) < 4.78 is 23.4. The molecule has 140 valence electrons. The number of Topliss-reactive ketones (excluding diaryl/α,β-unsaturated/α-hetero) is 1. The van der Waals surface area contributed by atoms with E-state index in [2.05, 4.69) is 4.98 Å². The van der Waals surface area contributed by atoms with Gasteiger partial charge in [-0.1, -0.05) is 37.8 Å². The first-order valence-electron chi connectivity index (χ1n) is 9.07. The van der Waals surface area contributed by atoms with Gasteiger partial charge >= 0.3 is 0 Å². The zero-order valence-electron chi connectivity index (χ0n) is 15.3. The Hall–Kier alpha value is -1.53. The summed E-state index contributed by atoms with van der Waals surface area (Å²) in [6, 6.07) is 6.85. The Labute approximate surface area is 159 Å². The van der Waals surface area contributed by atoms with Crippen molar-refractivity contribution in [2.45, 2.75) is 56.3 Å². The summed E-state index contributed by atoms with van der Waals surface area (Å²) in [7, 11) is -3.23. The Morgan fingerprint density at radius 1 is 1.23 bits per heavy atom. The number of rotatable bonds is 7. The number of carbonyl (C=O) groups excluding carboxylic acids is 1. The van der Waals surface area contributed by atoms with Gasteiger partial charge < -0.3 is 0 Å². The molecule has 2 aromatic rings. The first-order chi connectivity index (χ1) is 12.3. The third-order valence-electron chi connectivity index (χ3n) is 5.14. The molecule has 0 saturated heterocycles. The van der Waals surface area contributed by atoms with Gasteiger partial charge in [-0.2, -0.15) is 0 Å². The molecule has 1 aromatic heterocycles. The van der Waals surface area contributed by atoms with E-state index >= 15 is 0 Å². The number of thiazole rings is 1. The Morgan fingerprint density at radius 2 is 1.88 bits per heavy atom. The van der Waals surface area contributed by atoms with Crippen molar-refractivity contribution in [1.29, 1.82) is 0 Å². The van der Waals surface area contributed by atoms with Crippen LogP contribution in [0.3, 0.4) is 0 Å². The number of carbonyl (C=O) groups is 1. The Morgan fingerprint density at radius 3 is 2.42 bits per heavy atom. The minimum Gasteiger partial charge on any atom is -0.299 e. The minimum absolute atomic E-state index is 0.179. The highest BCUT2D eigenvalue weighted by atomic mass is 32.2. The van der Waals surface area contributed by atoms with Crippen molar-refractivity contribution in [2.24, 2.45) is 5.92 Å². The van der Waals surface area contributed by atoms with Crippen LogP contribution in [0.1, 0.15) is 53.5 Å². The van der Waals surface area contributed by atoms with Crippen LogP contribution >= 0.6 is 11.3 Å². The monoisotopic (exact) mass is 391 g/mol. The molecule has 0 spiro atoms. The summed E-state index contributed by atoms with van der Waals surface area (Å²) in [5.41, 5.74) is 0.919. The third kappa shape index (κ3) is 4.80. The van der Waals surface area contributed by atoms with Crippen LogP contribution in [0.5, 0.6) is 0 Å². The average Bonchev–Trinajstić information content (AvgIpc) is 3.23. The van der Waals surface area contributed by atoms with Crippen LogP contribution in [0, 0.1) is 12.8 Å². The summed E-state index contributed by atoms with van der Waals surface area (Å²) in [4.78, 5) is 18.8. The zero-order valence-corrected chi connectivity index (χ0v) is 16.9. The highest BCUT2D eigenvalue weighted by Crippen LogP contribution is 2.35. The molecular weight excluding hydrogens is 366 g/mol. The number of ketones is 1. The van der Waals surface area contributed by atoms with E-state index in [0.717, 1.165) is 21.9 Å². The van der Waals surface area contributed by atoms with E-state index in [1.807, 2.05) is 6.92 Å². The van der Waals surface area contributed by atoms with Crippen molar-refractivity contribution in [3.05, 3.63) is 45.9 Å². The van der Waals surface area contributed by atoms with E-state index in [9.17, 15) is 13.2 Å². The molecule has 1 atom stereocenters. The number of aromatic nitrogens is 1. The van der Waals surface area contributed by atoms with Crippen LogP contribution in [-0.4, -0.2) is 25.4 Å². The molecule has 1 heterocycles. The lowest BCUT2D eigenvalue weighted by molar-refractivity contribution is -0.120. The number of aryl methyl sites for hydroxylation is 1. The topological polar surface area (TPSA) is 64.1 Å². The fourth-order valence-electron chi connectivity index (χ4n) is 3.74. The van der Waals surface area contributed by atoms with Gasteiger partial charge in [0.15, 0.2) is 9.84 Å². The lowest BCUT2D eigenvalue weighted by Gasteiger charge is -2.20. The lowest BCUT2D eigenvalue weighted by atomic mass is 9.84. The molecule has 3 rings (SSSR count). The second-order valence-corrected chi connectivity index (χ2v) is 10.6. The summed E-state index contributed by atoms with van der Waals surface area (Å²) in [6.45, 7) is 1.99. The molecule has 4 nitrogen and oxygen atoms in total. The van der Waals surface area contributed by atoms with Crippen LogP contribution in [0.4, 0.5) is 0 Å². The summed E-state index contributed by atoms with van der Waals surface area (Å²) in [5, 5.41) is 0.858. The van der Waals surface area contributed by atoms with Gasteiger partial charge in [-0.15, -0.1) is 11.3 Å². The molecule has 6 heteroatoms. The maximum atomic E-state index is 13.0. The Kier molecular flexibility index (Phi) is 5.92. The molecule has 0 aliphatic heterocycles. The minimum atomic E-state index is -3.23. The van der Waals surface area contributed by atoms with Crippen LogP contribution in [-0.2, 0) is 21.1 Å². The van der Waals surface area contributed by atoms with E-state index in [4.69, 9.17) is 0 Å². The van der Waals surface area contributed by atoms with Gasteiger partial charge in [0.05, 0.1) is 11.3 Å². The van der Waals surface area contributed by atoms with Crippen molar-refractivity contribution in [3.63, 3.8) is 0 Å². The number of sulfone groups is 1. The largest absolute Gasteiger partial charge is 0.299 e. The van der Waals surface area contributed by atoms with Gasteiger partial charge in [0.25, 0.3) is 0 Å². The summed E-state index contributed by atoms with van der Waals surface area (Å²) >= 11 is 1.57. The number of hydrogen-bond acceptors (Lipinski definition) is 5. The molecule has 1 saturated carbocycles. The summed E-state index contributed by atoms with van der Waals surface area (Å²) in [5.74, 6) is 0.575. The normalized spacial score (nSPS) is 16.7. The number of hydrogen-bond donors (Lipinski definition) is 0. The third-order valence-corrected chi connectivity index (χ3v) is 7.18. The second kappa shape index (κ2) is 8.01. The fourth-order valence-corrected chi connectivity index (χ4v) is 5.16. The van der Waals surface area contributed by atoms with Gasteiger partial charge in [-0.05, 0) is 37.0 Å². The summed E-state index contributed by atoms with van der Waals surface area (Å²) in [6.07, 6.45) is 9.05. The molecule has 0 N–H and O–H groups in total. The highest BCUT2D eigenvalue weighted by molar-refractivity contribution is 7.90. The maximum absolute atomic E-state index is 13.0. The van der Waals surface area contributed by atoms with Gasteiger partial charge in [0.1, 0.15) is 10.8 Å². The van der Waals surface area contributed by atoms with E-state index in [1.54, 1.807) is 41.8 Å². The van der Waals surface area contributed by atoms with E-state index in [0.29, 0.717) is 17.2 Å². The molecule has 0 radical (unpaired) electrons. The predicted octanol–water partition coefficient (Wildman–Crippen LogP) is 4.33. The SMILES string of the molecule is Cc1cnc(CC(=O)[C@H](CC2CCCC2)c2ccc(S(C)(=O)=O)cc2)s1. The van der Waals surface area contributed by atoms with Gasteiger partial charge in [0, 0.05) is 23.2 Å². The zero-order chi connectivity index (χ0) is 18.7. The Balaban J connectivity index is 1.83. The van der Waals surface area contributed by atoms with E-state index in [1.165, 1.54) is 31.9 Å². The molecule has 0 unspecified atom stereocenters. The van der Waals surface area contributed by atoms with Crippen molar-refractivity contribution in [2.75, 3.05) is 6.26 Å². The first-order valence-corrected chi connectivity index (χ1v) is 11.8. The van der Waals surface area contributed by atoms with Gasteiger partial charge in [-0.3, -0.25) is 4.79 Å². The van der Waals surface area contributed by atoms with Gasteiger partial charge in [0.2, 0.25) is 0 Å². The van der Waals surface area contributed by atoms with Crippen molar-refractivity contribution in [1.82, 2.24) is 4.98 Å². The maximum Gasteiger partial charge on any atom is 0.175 e. The molecular formula is C20H25NO3S2. The van der Waals surface area contributed by atoms with E-state index in [-0.39, 0.29) is 11.7 Å². The molecule has 1 aliphatic rings. The van der Waals surface area contributed by atoms with Crippen LogP contribution in [0.25, 0.3) is 0 Å². The van der Waals surface area contributed by atoms with Crippen molar-refractivity contribution >= 4 is 27.0 Å². The average molecular weight is 392 g/mol. The Bertz CT molecular complexity index is 863. The first kappa shape index (κ1) is 19.2. The number of benzene rings is 1. The lowest BCUT2D eigenvalue weighted by Crippen LogP contribution is -2.18. The smallest absolute Gasteiger partial charge is 0.175 e. The molecule has 1 aliphatic carbocycles. The molecule has 0 amide bonds. The predicted molar refractivity (Wildman–Crippen MR) is 104 cm³/mol. The molecule has 1 aromatic carbocycles. The fraction of sp³-hybridized carbons (Fsp3) is 0.500. The van der Waals surface area contributed by atoms with Crippen LogP contribution < -0.4 is 0 Å². The quantitative estimate of drug-likeness (QED) is 0.705.